The molecule has 2 bridgehead atoms. The zero-order valence-corrected chi connectivity index (χ0v) is 7.61. The molecule has 0 radical (unpaired) electrons. The van der Waals surface area contributed by atoms with Gasteiger partial charge in [-0.05, 0) is 30.6 Å². The van der Waals surface area contributed by atoms with Crippen molar-refractivity contribution in [1.29, 1.82) is 0 Å². The number of carbonyl (C=O) groups is 1. The van der Waals surface area contributed by atoms with Crippen LogP contribution in [-0.4, -0.2) is 12.6 Å². The Balaban J connectivity index is 1.73. The second-order valence-corrected chi connectivity index (χ2v) is 4.59. The van der Waals surface area contributed by atoms with Gasteiger partial charge in [0.15, 0.2) is 0 Å². The maximum atomic E-state index is 11.0. The summed E-state index contributed by atoms with van der Waals surface area (Å²) in [5.74, 6) is 2.83. The van der Waals surface area contributed by atoms with Gasteiger partial charge in [-0.3, -0.25) is 4.79 Å². The summed E-state index contributed by atoms with van der Waals surface area (Å²) in [5, 5.41) is 0. The molecule has 70 valence electrons. The SMILES string of the molecule is O=C1CC(C2C[C@H]3C=CC2C3)CO1. The summed E-state index contributed by atoms with van der Waals surface area (Å²) in [6.45, 7) is 0.681. The van der Waals surface area contributed by atoms with Gasteiger partial charge < -0.3 is 4.74 Å². The molecule has 13 heavy (non-hydrogen) atoms. The summed E-state index contributed by atoms with van der Waals surface area (Å²) < 4.78 is 5.02. The molecule has 1 heterocycles. The van der Waals surface area contributed by atoms with E-state index in [9.17, 15) is 4.79 Å². The first-order chi connectivity index (χ1) is 6.33. The van der Waals surface area contributed by atoms with Crippen molar-refractivity contribution in [3.8, 4) is 0 Å². The summed E-state index contributed by atoms with van der Waals surface area (Å²) in [5.41, 5.74) is 0. The number of allylic oxidation sites excluding steroid dienone is 2. The second kappa shape index (κ2) is 2.60. The standard InChI is InChI=1S/C11H14O2/c12-11-5-9(6-13-11)10-4-7-1-2-8(10)3-7/h1-2,7-10H,3-6H2/t7-,8?,9?,10?/m0/s1. The highest BCUT2D eigenvalue weighted by molar-refractivity contribution is 5.71. The number of ether oxygens (including phenoxy) is 1. The van der Waals surface area contributed by atoms with E-state index < -0.39 is 0 Å². The second-order valence-electron chi connectivity index (χ2n) is 4.59. The molecule has 4 atom stereocenters. The summed E-state index contributed by atoms with van der Waals surface area (Å²) in [4.78, 5) is 11.0. The smallest absolute Gasteiger partial charge is 0.306 e. The molecule has 1 saturated heterocycles. The third kappa shape index (κ3) is 1.11. The molecule has 3 rings (SSSR count). The molecule has 0 N–H and O–H groups in total. The first kappa shape index (κ1) is 7.60. The Bertz CT molecular complexity index is 269. The lowest BCUT2D eigenvalue weighted by Gasteiger charge is -2.22. The minimum absolute atomic E-state index is 0.0109. The molecule has 0 aromatic rings. The monoisotopic (exact) mass is 178 g/mol. The van der Waals surface area contributed by atoms with Crippen LogP contribution in [0.5, 0.6) is 0 Å². The van der Waals surface area contributed by atoms with Crippen LogP contribution in [0.25, 0.3) is 0 Å². The third-order valence-electron chi connectivity index (χ3n) is 3.82. The van der Waals surface area contributed by atoms with Gasteiger partial charge in [0.05, 0.1) is 13.0 Å². The van der Waals surface area contributed by atoms with E-state index >= 15 is 0 Å². The van der Waals surface area contributed by atoms with Gasteiger partial charge in [0, 0.05) is 5.92 Å². The Labute approximate surface area is 78.0 Å². The van der Waals surface area contributed by atoms with E-state index in [1.807, 2.05) is 0 Å². The molecule has 0 spiro atoms. The minimum Gasteiger partial charge on any atom is -0.465 e. The molecule has 3 aliphatic rings. The number of esters is 1. The first-order valence-electron chi connectivity index (χ1n) is 5.17. The van der Waals surface area contributed by atoms with Gasteiger partial charge in [-0.1, -0.05) is 12.2 Å². The van der Waals surface area contributed by atoms with Crippen molar-refractivity contribution in [1.82, 2.24) is 0 Å². The first-order valence-corrected chi connectivity index (χ1v) is 5.17. The Morgan fingerprint density at radius 3 is 2.77 bits per heavy atom. The largest absolute Gasteiger partial charge is 0.465 e. The molecular formula is C11H14O2. The van der Waals surface area contributed by atoms with Crippen molar-refractivity contribution in [3.05, 3.63) is 12.2 Å². The van der Waals surface area contributed by atoms with Crippen LogP contribution in [-0.2, 0) is 9.53 Å². The fraction of sp³-hybridized carbons (Fsp3) is 0.727. The van der Waals surface area contributed by atoms with Gasteiger partial charge in [0.25, 0.3) is 0 Å². The Morgan fingerprint density at radius 1 is 1.31 bits per heavy atom. The minimum atomic E-state index is 0.0109. The average molecular weight is 178 g/mol. The maximum absolute atomic E-state index is 11.0. The van der Waals surface area contributed by atoms with Crippen LogP contribution in [0.4, 0.5) is 0 Å². The number of fused-ring (bicyclic) bond motifs is 2. The maximum Gasteiger partial charge on any atom is 0.306 e. The predicted molar refractivity (Wildman–Crippen MR) is 47.9 cm³/mol. The zero-order chi connectivity index (χ0) is 8.84. The molecule has 2 nitrogen and oxygen atoms in total. The molecule has 0 amide bonds. The van der Waals surface area contributed by atoms with Crippen LogP contribution in [0.3, 0.4) is 0 Å². The summed E-state index contributed by atoms with van der Waals surface area (Å²) in [6, 6.07) is 0. The van der Waals surface area contributed by atoms with Gasteiger partial charge in [0.1, 0.15) is 0 Å². The van der Waals surface area contributed by atoms with Crippen LogP contribution >= 0.6 is 0 Å². The fourth-order valence-corrected chi connectivity index (χ4v) is 3.17. The molecule has 2 fully saturated rings. The molecule has 2 heteroatoms. The van der Waals surface area contributed by atoms with Crippen molar-refractivity contribution in [2.45, 2.75) is 19.3 Å². The summed E-state index contributed by atoms with van der Waals surface area (Å²) in [7, 11) is 0. The fourth-order valence-electron chi connectivity index (χ4n) is 3.17. The topological polar surface area (TPSA) is 26.3 Å². The summed E-state index contributed by atoms with van der Waals surface area (Å²) >= 11 is 0. The van der Waals surface area contributed by atoms with E-state index in [-0.39, 0.29) is 5.97 Å². The van der Waals surface area contributed by atoms with Crippen LogP contribution < -0.4 is 0 Å². The number of cyclic esters (lactones) is 1. The van der Waals surface area contributed by atoms with Crippen molar-refractivity contribution < 1.29 is 9.53 Å². The molecule has 0 aromatic heterocycles. The van der Waals surface area contributed by atoms with Crippen LogP contribution in [0.2, 0.25) is 0 Å². The van der Waals surface area contributed by atoms with Crippen LogP contribution in [0, 0.1) is 23.7 Å². The zero-order valence-electron chi connectivity index (χ0n) is 7.61. The van der Waals surface area contributed by atoms with Crippen molar-refractivity contribution in [2.75, 3.05) is 6.61 Å². The quantitative estimate of drug-likeness (QED) is 0.452. The average Bonchev–Trinajstić information content (AvgIpc) is 2.77. The van der Waals surface area contributed by atoms with E-state index in [0.29, 0.717) is 18.9 Å². The molecule has 2 aliphatic carbocycles. The normalized spacial score (nSPS) is 47.2. The highest BCUT2D eigenvalue weighted by Crippen LogP contribution is 2.48. The van der Waals surface area contributed by atoms with Crippen molar-refractivity contribution in [2.24, 2.45) is 23.7 Å². The molecule has 0 aromatic carbocycles. The Morgan fingerprint density at radius 2 is 2.23 bits per heavy atom. The van der Waals surface area contributed by atoms with E-state index in [1.165, 1.54) is 12.8 Å². The predicted octanol–water partition coefficient (Wildman–Crippen LogP) is 1.76. The van der Waals surface area contributed by atoms with Crippen molar-refractivity contribution >= 4 is 5.97 Å². The summed E-state index contributed by atoms with van der Waals surface area (Å²) in [6.07, 6.45) is 7.99. The van der Waals surface area contributed by atoms with Gasteiger partial charge >= 0.3 is 5.97 Å². The van der Waals surface area contributed by atoms with Gasteiger partial charge in [-0.25, -0.2) is 0 Å². The Hall–Kier alpha value is -0.790. The molecule has 3 unspecified atom stereocenters. The third-order valence-corrected chi connectivity index (χ3v) is 3.82. The van der Waals surface area contributed by atoms with E-state index in [4.69, 9.17) is 4.74 Å². The van der Waals surface area contributed by atoms with E-state index in [0.717, 1.165) is 17.8 Å². The van der Waals surface area contributed by atoms with Gasteiger partial charge in [-0.2, -0.15) is 0 Å². The molecule has 1 aliphatic heterocycles. The number of hydrogen-bond donors (Lipinski definition) is 0. The number of hydrogen-bond acceptors (Lipinski definition) is 2. The lowest BCUT2D eigenvalue weighted by molar-refractivity contribution is -0.137. The van der Waals surface area contributed by atoms with Gasteiger partial charge in [0.2, 0.25) is 0 Å². The van der Waals surface area contributed by atoms with Crippen LogP contribution in [0.15, 0.2) is 12.2 Å². The molecule has 1 saturated carbocycles. The van der Waals surface area contributed by atoms with E-state index in [2.05, 4.69) is 12.2 Å². The lowest BCUT2D eigenvalue weighted by Crippen LogP contribution is -2.19. The van der Waals surface area contributed by atoms with E-state index in [1.54, 1.807) is 0 Å². The Kier molecular flexibility index (Phi) is 1.52. The van der Waals surface area contributed by atoms with Gasteiger partial charge in [-0.15, -0.1) is 0 Å². The van der Waals surface area contributed by atoms with Crippen molar-refractivity contribution in [3.63, 3.8) is 0 Å². The number of rotatable bonds is 1. The highest BCUT2D eigenvalue weighted by Gasteiger charge is 2.42. The number of carbonyl (C=O) groups excluding carboxylic acids is 1. The lowest BCUT2D eigenvalue weighted by atomic mass is 9.81. The molecular weight excluding hydrogens is 164 g/mol. The van der Waals surface area contributed by atoms with Crippen LogP contribution in [0.1, 0.15) is 19.3 Å². The highest BCUT2D eigenvalue weighted by atomic mass is 16.5.